The maximum atomic E-state index is 11.7. The summed E-state index contributed by atoms with van der Waals surface area (Å²) in [6, 6.07) is 0. The predicted molar refractivity (Wildman–Crippen MR) is 90.5 cm³/mol. The summed E-state index contributed by atoms with van der Waals surface area (Å²) < 4.78 is 0. The second-order valence-corrected chi connectivity index (χ2v) is 8.06. The second kappa shape index (κ2) is 6.52. The fraction of sp³-hybridized carbons (Fsp3) is 0.700. The van der Waals surface area contributed by atoms with Crippen LogP contribution >= 0.6 is 0 Å². The molecule has 0 amide bonds. The molecule has 0 heterocycles. The van der Waals surface area contributed by atoms with Crippen molar-refractivity contribution in [2.75, 3.05) is 0 Å². The second-order valence-electron chi connectivity index (χ2n) is 8.06. The standard InChI is InChI=1S/C20H30O2/c1-15(2)7-5-10-19(3)11-6-12-20(4)17(14-22)16(13-21)8-9-18(19)20/h7-8,13-14,17-18H,5-6,9-12H2,1-4H3/t17-,18+,19+,20+/m0/s1. The highest BCUT2D eigenvalue weighted by atomic mass is 16.1. The molecule has 0 unspecified atom stereocenters. The highest BCUT2D eigenvalue weighted by Gasteiger charge is 2.53. The van der Waals surface area contributed by atoms with E-state index in [2.05, 4.69) is 33.8 Å². The van der Waals surface area contributed by atoms with Crippen LogP contribution in [0.4, 0.5) is 0 Å². The molecule has 0 aliphatic heterocycles. The average molecular weight is 302 g/mol. The van der Waals surface area contributed by atoms with Gasteiger partial charge in [0.2, 0.25) is 0 Å². The molecule has 22 heavy (non-hydrogen) atoms. The van der Waals surface area contributed by atoms with Crippen LogP contribution in [0.5, 0.6) is 0 Å². The molecule has 2 heteroatoms. The Bertz CT molecular complexity index is 498. The molecular formula is C20H30O2. The summed E-state index contributed by atoms with van der Waals surface area (Å²) in [5, 5.41) is 0. The van der Waals surface area contributed by atoms with E-state index in [0.717, 1.165) is 38.3 Å². The lowest BCUT2D eigenvalue weighted by Crippen LogP contribution is -2.50. The van der Waals surface area contributed by atoms with Crippen molar-refractivity contribution in [3.05, 3.63) is 23.3 Å². The minimum Gasteiger partial charge on any atom is -0.303 e. The minimum atomic E-state index is -0.216. The van der Waals surface area contributed by atoms with Gasteiger partial charge in [-0.1, -0.05) is 38.0 Å². The largest absolute Gasteiger partial charge is 0.303 e. The van der Waals surface area contributed by atoms with Crippen molar-refractivity contribution >= 4 is 12.6 Å². The van der Waals surface area contributed by atoms with Gasteiger partial charge in [-0.15, -0.1) is 0 Å². The van der Waals surface area contributed by atoms with Crippen LogP contribution in [0.1, 0.15) is 66.2 Å². The molecule has 1 fully saturated rings. The van der Waals surface area contributed by atoms with E-state index in [4.69, 9.17) is 0 Å². The Hall–Kier alpha value is -1.18. The Kier molecular flexibility index (Phi) is 5.09. The number of carbonyl (C=O) groups is 2. The van der Waals surface area contributed by atoms with Crippen molar-refractivity contribution in [1.29, 1.82) is 0 Å². The topological polar surface area (TPSA) is 34.1 Å². The predicted octanol–water partition coefficient (Wildman–Crippen LogP) is 4.89. The number of hydrogen-bond acceptors (Lipinski definition) is 2. The molecule has 0 N–H and O–H groups in total. The van der Waals surface area contributed by atoms with Crippen LogP contribution in [0.25, 0.3) is 0 Å². The van der Waals surface area contributed by atoms with E-state index in [9.17, 15) is 9.59 Å². The van der Waals surface area contributed by atoms with Crippen LogP contribution in [0.15, 0.2) is 23.3 Å². The van der Waals surface area contributed by atoms with Crippen LogP contribution in [0.2, 0.25) is 0 Å². The number of allylic oxidation sites excluding steroid dienone is 4. The van der Waals surface area contributed by atoms with Crippen molar-refractivity contribution in [1.82, 2.24) is 0 Å². The zero-order valence-corrected chi connectivity index (χ0v) is 14.5. The lowest BCUT2D eigenvalue weighted by atomic mass is 9.47. The van der Waals surface area contributed by atoms with Crippen molar-refractivity contribution in [3.63, 3.8) is 0 Å². The summed E-state index contributed by atoms with van der Waals surface area (Å²) in [5.74, 6) is 0.282. The first-order valence-corrected chi connectivity index (χ1v) is 8.61. The van der Waals surface area contributed by atoms with E-state index in [1.807, 2.05) is 6.08 Å². The molecule has 0 aromatic heterocycles. The fourth-order valence-corrected chi connectivity index (χ4v) is 5.05. The Morgan fingerprint density at radius 3 is 2.59 bits per heavy atom. The van der Waals surface area contributed by atoms with Gasteiger partial charge < -0.3 is 4.79 Å². The van der Waals surface area contributed by atoms with E-state index < -0.39 is 0 Å². The third-order valence-corrected chi connectivity index (χ3v) is 6.30. The van der Waals surface area contributed by atoms with Gasteiger partial charge in [0, 0.05) is 5.92 Å². The van der Waals surface area contributed by atoms with E-state index in [1.54, 1.807) is 0 Å². The maximum Gasteiger partial charge on any atom is 0.146 e. The third-order valence-electron chi connectivity index (χ3n) is 6.30. The summed E-state index contributed by atoms with van der Waals surface area (Å²) >= 11 is 0. The van der Waals surface area contributed by atoms with Crippen molar-refractivity contribution in [3.8, 4) is 0 Å². The summed E-state index contributed by atoms with van der Waals surface area (Å²) in [5.41, 5.74) is 2.30. The zero-order valence-electron chi connectivity index (χ0n) is 14.5. The summed E-state index contributed by atoms with van der Waals surface area (Å²) in [6.07, 6.45) is 13.0. The minimum absolute atomic E-state index is 0.0509. The number of fused-ring (bicyclic) bond motifs is 1. The molecule has 2 aliphatic rings. The zero-order chi connectivity index (χ0) is 16.4. The third kappa shape index (κ3) is 2.98. The molecule has 2 nitrogen and oxygen atoms in total. The molecule has 2 aliphatic carbocycles. The lowest BCUT2D eigenvalue weighted by Gasteiger charge is -2.56. The van der Waals surface area contributed by atoms with Gasteiger partial charge in [-0.2, -0.15) is 0 Å². The maximum absolute atomic E-state index is 11.7. The first-order chi connectivity index (χ1) is 10.4. The van der Waals surface area contributed by atoms with E-state index in [-0.39, 0.29) is 16.7 Å². The summed E-state index contributed by atoms with van der Waals surface area (Å²) in [6.45, 7) is 8.94. The number of hydrogen-bond donors (Lipinski definition) is 0. The van der Waals surface area contributed by atoms with E-state index in [1.165, 1.54) is 18.4 Å². The fourth-order valence-electron chi connectivity index (χ4n) is 5.05. The van der Waals surface area contributed by atoms with Crippen LogP contribution in [0.3, 0.4) is 0 Å². The molecule has 2 rings (SSSR count). The Labute approximate surface area is 135 Å². The molecule has 0 radical (unpaired) electrons. The number of aldehydes is 2. The first kappa shape index (κ1) is 17.2. The van der Waals surface area contributed by atoms with Gasteiger partial charge in [0.25, 0.3) is 0 Å². The van der Waals surface area contributed by atoms with Gasteiger partial charge in [-0.05, 0) is 68.3 Å². The number of carbonyl (C=O) groups excluding carboxylic acids is 2. The molecule has 0 spiro atoms. The van der Waals surface area contributed by atoms with Crippen molar-refractivity contribution in [2.45, 2.75) is 66.2 Å². The quantitative estimate of drug-likeness (QED) is 0.535. The van der Waals surface area contributed by atoms with Crippen LogP contribution < -0.4 is 0 Å². The van der Waals surface area contributed by atoms with Crippen molar-refractivity contribution in [2.24, 2.45) is 22.7 Å². The molecular weight excluding hydrogens is 272 g/mol. The smallest absolute Gasteiger partial charge is 0.146 e. The summed E-state index contributed by atoms with van der Waals surface area (Å²) in [7, 11) is 0. The van der Waals surface area contributed by atoms with Crippen LogP contribution in [-0.4, -0.2) is 12.6 Å². The van der Waals surface area contributed by atoms with Crippen LogP contribution in [-0.2, 0) is 9.59 Å². The molecule has 122 valence electrons. The van der Waals surface area contributed by atoms with Gasteiger partial charge in [0.05, 0.1) is 0 Å². The van der Waals surface area contributed by atoms with Gasteiger partial charge in [0.1, 0.15) is 12.6 Å². The first-order valence-electron chi connectivity index (χ1n) is 8.61. The highest BCUT2D eigenvalue weighted by Crippen LogP contribution is 2.60. The monoisotopic (exact) mass is 302 g/mol. The average Bonchev–Trinajstić information content (AvgIpc) is 2.45. The highest BCUT2D eigenvalue weighted by molar-refractivity contribution is 5.82. The Morgan fingerprint density at radius 2 is 2.00 bits per heavy atom. The molecule has 1 saturated carbocycles. The molecule has 0 aromatic carbocycles. The Morgan fingerprint density at radius 1 is 1.27 bits per heavy atom. The van der Waals surface area contributed by atoms with Gasteiger partial charge in [0.15, 0.2) is 0 Å². The van der Waals surface area contributed by atoms with E-state index >= 15 is 0 Å². The molecule has 0 saturated heterocycles. The normalized spacial score (nSPS) is 37.7. The van der Waals surface area contributed by atoms with Gasteiger partial charge in [-0.3, -0.25) is 4.79 Å². The molecule has 0 aromatic rings. The molecule has 4 atom stereocenters. The van der Waals surface area contributed by atoms with Crippen LogP contribution in [0, 0.1) is 22.7 Å². The van der Waals surface area contributed by atoms with Gasteiger partial charge in [-0.25, -0.2) is 0 Å². The van der Waals surface area contributed by atoms with Crippen molar-refractivity contribution < 1.29 is 9.59 Å². The molecule has 0 bridgehead atoms. The Balaban J connectivity index is 2.30. The van der Waals surface area contributed by atoms with E-state index in [0.29, 0.717) is 11.5 Å². The summed E-state index contributed by atoms with van der Waals surface area (Å²) in [4.78, 5) is 23.0. The van der Waals surface area contributed by atoms with Gasteiger partial charge >= 0.3 is 0 Å². The number of rotatable bonds is 5. The SMILES string of the molecule is CC(C)=CCC[C@]1(C)CCC[C@@]2(C)[C@@H]1CC=C(C=O)[C@@H]2C=O. The lowest BCUT2D eigenvalue weighted by molar-refractivity contribution is -0.123.